The third-order valence-electron chi connectivity index (χ3n) is 8.16. The highest BCUT2D eigenvalue weighted by Gasteiger charge is 2.21. The first-order chi connectivity index (χ1) is 27.0. The standard InChI is InChI=1S/C37H62N4O15/c42-30(16-15-29(37(50)51)40-31(43)13-11-9-7-5-3-1-2-4-6-8-10-12-14-35(47)48)38-19-21-52-23-25-54-27-32(44)39-20-22-53-24-26-55-28-36(49)56-41-33(45)17-18-34(41)46/h17-18,29,45-46H,1-16,19-28H2,(H,38,42)(H,39,44)(H,40,43)(H,47,48)(H,50,51)/t29-/m0/s1. The zero-order valence-corrected chi connectivity index (χ0v) is 32.3. The molecular formula is C37H62N4O15. The number of aromatic nitrogens is 1. The van der Waals surface area contributed by atoms with E-state index in [9.17, 15) is 44.1 Å². The minimum atomic E-state index is -1.20. The second-order valence-electron chi connectivity index (χ2n) is 13.0. The van der Waals surface area contributed by atoms with Gasteiger partial charge in [0.1, 0.15) is 19.3 Å². The molecule has 56 heavy (non-hydrogen) atoms. The molecule has 1 aromatic heterocycles. The number of carbonyl (C=O) groups is 6. The van der Waals surface area contributed by atoms with E-state index in [0.717, 1.165) is 63.5 Å². The molecule has 19 nitrogen and oxygen atoms in total. The van der Waals surface area contributed by atoms with Gasteiger partial charge < -0.3 is 60.2 Å². The topological polar surface area (TPSA) is 271 Å². The van der Waals surface area contributed by atoms with E-state index in [-0.39, 0.29) is 103 Å². The van der Waals surface area contributed by atoms with Crippen LogP contribution in [0.25, 0.3) is 0 Å². The van der Waals surface area contributed by atoms with Gasteiger partial charge in [-0.15, -0.1) is 4.73 Å². The molecular weight excluding hydrogens is 740 g/mol. The Morgan fingerprint density at radius 2 is 1.02 bits per heavy atom. The van der Waals surface area contributed by atoms with Crippen molar-refractivity contribution in [2.45, 2.75) is 109 Å². The zero-order chi connectivity index (χ0) is 41.2. The van der Waals surface area contributed by atoms with Crippen molar-refractivity contribution in [1.82, 2.24) is 20.7 Å². The van der Waals surface area contributed by atoms with Crippen LogP contribution >= 0.6 is 0 Å². The number of aliphatic carboxylic acids is 2. The van der Waals surface area contributed by atoms with Gasteiger partial charge in [0, 0.05) is 44.5 Å². The number of rotatable bonds is 37. The maximum absolute atomic E-state index is 12.3. The average Bonchev–Trinajstić information content (AvgIpc) is 3.47. The van der Waals surface area contributed by atoms with Gasteiger partial charge in [-0.2, -0.15) is 0 Å². The quantitative estimate of drug-likeness (QED) is 0.0475. The van der Waals surface area contributed by atoms with Crippen LogP contribution in [0, 0.1) is 0 Å². The van der Waals surface area contributed by atoms with Gasteiger partial charge in [0.25, 0.3) is 0 Å². The lowest BCUT2D eigenvalue weighted by Gasteiger charge is -2.14. The van der Waals surface area contributed by atoms with Gasteiger partial charge in [-0.05, 0) is 19.3 Å². The Morgan fingerprint density at radius 3 is 1.54 bits per heavy atom. The Morgan fingerprint density at radius 1 is 0.554 bits per heavy atom. The largest absolute Gasteiger partial charge is 0.492 e. The average molecular weight is 803 g/mol. The molecule has 1 rings (SSSR count). The molecule has 0 aliphatic carbocycles. The van der Waals surface area contributed by atoms with Crippen molar-refractivity contribution < 1.29 is 73.0 Å². The Labute approximate surface area is 327 Å². The first-order valence-electron chi connectivity index (χ1n) is 19.4. The summed E-state index contributed by atoms with van der Waals surface area (Å²) in [5, 5.41) is 44.7. The summed E-state index contributed by atoms with van der Waals surface area (Å²) >= 11 is 0. The fourth-order valence-electron chi connectivity index (χ4n) is 5.18. The molecule has 0 saturated heterocycles. The number of ether oxygens (including phenoxy) is 4. The molecule has 0 aliphatic heterocycles. The van der Waals surface area contributed by atoms with Crippen LogP contribution in [0.2, 0.25) is 0 Å². The summed E-state index contributed by atoms with van der Waals surface area (Å²) < 4.78 is 21.5. The van der Waals surface area contributed by atoms with Crippen LogP contribution in [-0.2, 0) is 47.7 Å². The second-order valence-corrected chi connectivity index (χ2v) is 13.0. The maximum Gasteiger partial charge on any atom is 0.358 e. The van der Waals surface area contributed by atoms with E-state index in [4.69, 9.17) is 28.9 Å². The molecule has 0 unspecified atom stereocenters. The van der Waals surface area contributed by atoms with Gasteiger partial charge in [0.2, 0.25) is 29.5 Å². The number of amides is 3. The highest BCUT2D eigenvalue weighted by Crippen LogP contribution is 2.18. The van der Waals surface area contributed by atoms with Crippen LogP contribution in [0.15, 0.2) is 12.1 Å². The first-order valence-corrected chi connectivity index (χ1v) is 19.4. The smallest absolute Gasteiger partial charge is 0.358 e. The number of hydrogen-bond acceptors (Lipinski definition) is 13. The van der Waals surface area contributed by atoms with Crippen molar-refractivity contribution in [3.05, 3.63) is 12.1 Å². The van der Waals surface area contributed by atoms with Crippen LogP contribution < -0.4 is 20.8 Å². The predicted octanol–water partition coefficient (Wildman–Crippen LogP) is 2.05. The van der Waals surface area contributed by atoms with Crippen molar-refractivity contribution in [3.8, 4) is 11.8 Å². The number of unbranched alkanes of at least 4 members (excludes halogenated alkanes) is 11. The Balaban J connectivity index is 1.93. The van der Waals surface area contributed by atoms with Crippen molar-refractivity contribution in [1.29, 1.82) is 0 Å². The minimum Gasteiger partial charge on any atom is -0.492 e. The van der Waals surface area contributed by atoms with Crippen LogP contribution in [-0.4, -0.2) is 133 Å². The van der Waals surface area contributed by atoms with E-state index in [2.05, 4.69) is 16.0 Å². The van der Waals surface area contributed by atoms with Crippen LogP contribution in [0.3, 0.4) is 0 Å². The van der Waals surface area contributed by atoms with Gasteiger partial charge in [-0.25, -0.2) is 9.59 Å². The Bertz CT molecular complexity index is 1260. The predicted molar refractivity (Wildman–Crippen MR) is 200 cm³/mol. The SMILES string of the molecule is O=C(O)CCCCCCCCCCCCCCC(=O)N[C@@H](CCC(=O)NCCOCCOCC(=O)NCCOCCOCC(=O)On1c(O)ccc1O)C(=O)O. The van der Waals surface area contributed by atoms with E-state index in [0.29, 0.717) is 11.2 Å². The van der Waals surface area contributed by atoms with Crippen molar-refractivity contribution in [2.75, 3.05) is 65.9 Å². The van der Waals surface area contributed by atoms with Crippen molar-refractivity contribution in [3.63, 3.8) is 0 Å². The molecule has 1 heterocycles. The summed E-state index contributed by atoms with van der Waals surface area (Å²) in [7, 11) is 0. The van der Waals surface area contributed by atoms with Gasteiger partial charge in [0.15, 0.2) is 0 Å². The van der Waals surface area contributed by atoms with Crippen LogP contribution in [0.5, 0.6) is 11.8 Å². The lowest BCUT2D eigenvalue weighted by Crippen LogP contribution is -2.41. The maximum atomic E-state index is 12.3. The Hall–Kier alpha value is -4.46. The number of carboxylic acids is 2. The molecule has 0 spiro atoms. The fourth-order valence-corrected chi connectivity index (χ4v) is 5.18. The zero-order valence-electron chi connectivity index (χ0n) is 32.3. The van der Waals surface area contributed by atoms with Crippen LogP contribution in [0.4, 0.5) is 0 Å². The van der Waals surface area contributed by atoms with E-state index in [1.807, 2.05) is 0 Å². The molecule has 0 bridgehead atoms. The number of carbonyl (C=O) groups excluding carboxylic acids is 4. The minimum absolute atomic E-state index is 0.0408. The third kappa shape index (κ3) is 28.0. The lowest BCUT2D eigenvalue weighted by atomic mass is 10.0. The van der Waals surface area contributed by atoms with E-state index < -0.39 is 42.3 Å². The number of hydrogen-bond donors (Lipinski definition) is 7. The molecule has 1 aromatic rings. The molecule has 0 aromatic carbocycles. The van der Waals surface area contributed by atoms with E-state index in [1.54, 1.807) is 0 Å². The molecule has 0 fully saturated rings. The van der Waals surface area contributed by atoms with Crippen LogP contribution in [0.1, 0.15) is 103 Å². The van der Waals surface area contributed by atoms with Crippen molar-refractivity contribution >= 4 is 35.6 Å². The second kappa shape index (κ2) is 32.8. The summed E-state index contributed by atoms with van der Waals surface area (Å²) in [5.74, 6) is -4.74. The monoisotopic (exact) mass is 802 g/mol. The van der Waals surface area contributed by atoms with E-state index in [1.165, 1.54) is 19.3 Å². The summed E-state index contributed by atoms with van der Waals surface area (Å²) in [6.07, 6.45) is 12.6. The summed E-state index contributed by atoms with van der Waals surface area (Å²) in [6, 6.07) is 1.14. The number of aromatic hydroxyl groups is 2. The molecule has 0 saturated carbocycles. The lowest BCUT2D eigenvalue weighted by molar-refractivity contribution is -0.151. The van der Waals surface area contributed by atoms with Gasteiger partial charge in [-0.1, -0.05) is 64.2 Å². The van der Waals surface area contributed by atoms with Gasteiger partial charge in [-0.3, -0.25) is 19.2 Å². The van der Waals surface area contributed by atoms with Gasteiger partial charge >= 0.3 is 17.9 Å². The normalized spacial score (nSPS) is 11.5. The number of carboxylic acid groups (broad SMARTS) is 2. The molecule has 0 radical (unpaired) electrons. The molecule has 3 amide bonds. The summed E-state index contributed by atoms with van der Waals surface area (Å²) in [4.78, 5) is 74.7. The van der Waals surface area contributed by atoms with E-state index >= 15 is 0 Å². The first kappa shape index (κ1) is 49.6. The highest BCUT2D eigenvalue weighted by atomic mass is 16.7. The Kier molecular flexibility index (Phi) is 29.0. The molecule has 19 heteroatoms. The number of nitrogens with one attached hydrogen (secondary N) is 3. The molecule has 1 atom stereocenters. The number of nitrogens with zero attached hydrogens (tertiary/aromatic N) is 1. The summed E-state index contributed by atoms with van der Waals surface area (Å²) in [6.45, 7) is 0.689. The third-order valence-corrected chi connectivity index (χ3v) is 8.16. The molecule has 7 N–H and O–H groups in total. The summed E-state index contributed by atoms with van der Waals surface area (Å²) in [5.41, 5.74) is 0. The van der Waals surface area contributed by atoms with Crippen molar-refractivity contribution in [2.24, 2.45) is 0 Å². The highest BCUT2D eigenvalue weighted by molar-refractivity contribution is 5.84. The fraction of sp³-hybridized carbons (Fsp3) is 0.730. The molecule has 320 valence electrons. The molecule has 0 aliphatic rings. The van der Waals surface area contributed by atoms with Gasteiger partial charge in [0.05, 0.1) is 39.6 Å².